The fraction of sp³-hybridized carbons (Fsp3) is 0.650. The minimum atomic E-state index is -0.820. The van der Waals surface area contributed by atoms with Gasteiger partial charge >= 0.3 is 0 Å². The minimum absolute atomic E-state index is 0. The number of fused-ring (bicyclic) bond motifs is 5. The van der Waals surface area contributed by atoms with Crippen LogP contribution in [0.4, 0.5) is 8.78 Å². The molecule has 4 fully saturated rings. The molecule has 0 aromatic heterocycles. The minimum Gasteiger partial charge on any atom is -0.351 e. The van der Waals surface area contributed by atoms with E-state index in [1.54, 1.807) is 6.07 Å². The first-order valence-corrected chi connectivity index (χ1v) is 9.59. The van der Waals surface area contributed by atoms with Gasteiger partial charge in [-0.3, -0.25) is 4.79 Å². The molecule has 142 valence electrons. The summed E-state index contributed by atoms with van der Waals surface area (Å²) in [4.78, 5) is 12.8. The third kappa shape index (κ3) is 2.84. The van der Waals surface area contributed by atoms with Gasteiger partial charge in [-0.1, -0.05) is 6.07 Å². The molecule has 1 heterocycles. The second-order valence-corrected chi connectivity index (χ2v) is 8.40. The molecule has 2 N–H and O–H groups in total. The zero-order chi connectivity index (χ0) is 17.1. The van der Waals surface area contributed by atoms with Crippen LogP contribution in [0.2, 0.25) is 0 Å². The van der Waals surface area contributed by atoms with Crippen LogP contribution < -0.4 is 10.6 Å². The third-order valence-corrected chi connectivity index (χ3v) is 7.22. The van der Waals surface area contributed by atoms with E-state index in [2.05, 4.69) is 10.6 Å². The van der Waals surface area contributed by atoms with E-state index in [0.29, 0.717) is 18.4 Å². The number of hydrogen-bond donors (Lipinski definition) is 2. The maximum atomic E-state index is 13.6. The standard InChI is InChI=1S/C20H24F2N2O.ClH/c21-14-4-3-10(8-15(14)22)13-5-6-23-9-16(13)24-20(25)19-17-11-1-2-12(7-11)18(17)19;/h3-4,8,11-13,16-19,23H,1-2,5-7,9H2,(H,24,25);1H. The van der Waals surface area contributed by atoms with Gasteiger partial charge in [0.2, 0.25) is 5.91 Å². The van der Waals surface area contributed by atoms with E-state index in [9.17, 15) is 13.6 Å². The summed E-state index contributed by atoms with van der Waals surface area (Å²) in [5.41, 5.74) is 0.779. The van der Waals surface area contributed by atoms with Gasteiger partial charge < -0.3 is 10.6 Å². The molecule has 0 spiro atoms. The average Bonchev–Trinajstić information content (AvgIpc) is 3.06. The van der Waals surface area contributed by atoms with E-state index in [1.165, 1.54) is 31.4 Å². The van der Waals surface area contributed by atoms with Crippen LogP contribution in [0.5, 0.6) is 0 Å². The number of rotatable bonds is 3. The summed E-state index contributed by atoms with van der Waals surface area (Å²) < 4.78 is 26.9. The Hall–Kier alpha value is -1.20. The van der Waals surface area contributed by atoms with Gasteiger partial charge in [-0.25, -0.2) is 8.78 Å². The molecule has 4 aliphatic rings. The molecule has 6 unspecified atom stereocenters. The summed E-state index contributed by atoms with van der Waals surface area (Å²) in [5, 5.41) is 6.57. The lowest BCUT2D eigenvalue weighted by Crippen LogP contribution is -2.50. The number of nitrogens with one attached hydrogen (secondary N) is 2. The van der Waals surface area contributed by atoms with Gasteiger partial charge in [0.15, 0.2) is 11.6 Å². The largest absolute Gasteiger partial charge is 0.351 e. The van der Waals surface area contributed by atoms with Gasteiger partial charge in [0.05, 0.1) is 0 Å². The lowest BCUT2D eigenvalue weighted by Gasteiger charge is -2.33. The van der Waals surface area contributed by atoms with Crippen molar-refractivity contribution in [3.05, 3.63) is 35.4 Å². The maximum Gasteiger partial charge on any atom is 0.223 e. The summed E-state index contributed by atoms with van der Waals surface area (Å²) in [5.74, 6) is 1.60. The van der Waals surface area contributed by atoms with Crippen LogP contribution in [0.15, 0.2) is 18.2 Å². The molecule has 3 saturated carbocycles. The van der Waals surface area contributed by atoms with Crippen molar-refractivity contribution in [3.63, 3.8) is 0 Å². The number of carbonyl (C=O) groups is 1. The van der Waals surface area contributed by atoms with Crippen LogP contribution in [0.1, 0.15) is 37.2 Å². The van der Waals surface area contributed by atoms with Crippen LogP contribution in [-0.2, 0) is 4.79 Å². The second-order valence-electron chi connectivity index (χ2n) is 8.40. The zero-order valence-electron chi connectivity index (χ0n) is 14.6. The Bertz CT molecular complexity index is 699. The number of hydrogen-bond acceptors (Lipinski definition) is 2. The Morgan fingerprint density at radius 1 is 1.08 bits per heavy atom. The van der Waals surface area contributed by atoms with E-state index in [0.717, 1.165) is 30.4 Å². The number of amides is 1. The molecule has 1 amide bonds. The van der Waals surface area contributed by atoms with Crippen LogP contribution in [0.3, 0.4) is 0 Å². The topological polar surface area (TPSA) is 41.1 Å². The Kier molecular flexibility index (Phi) is 4.72. The lowest BCUT2D eigenvalue weighted by molar-refractivity contribution is -0.124. The molecule has 3 nitrogen and oxygen atoms in total. The van der Waals surface area contributed by atoms with Crippen LogP contribution in [-0.4, -0.2) is 25.0 Å². The van der Waals surface area contributed by atoms with Crippen molar-refractivity contribution >= 4 is 18.3 Å². The third-order valence-electron chi connectivity index (χ3n) is 7.22. The van der Waals surface area contributed by atoms with Crippen molar-refractivity contribution < 1.29 is 13.6 Å². The lowest BCUT2D eigenvalue weighted by atomic mass is 9.85. The Balaban J connectivity index is 0.00000168. The van der Waals surface area contributed by atoms with Crippen molar-refractivity contribution in [3.8, 4) is 0 Å². The highest BCUT2D eigenvalue weighted by Gasteiger charge is 2.67. The Morgan fingerprint density at radius 2 is 1.81 bits per heavy atom. The highest BCUT2D eigenvalue weighted by molar-refractivity contribution is 5.85. The number of halogens is 3. The van der Waals surface area contributed by atoms with Crippen molar-refractivity contribution in [2.24, 2.45) is 29.6 Å². The van der Waals surface area contributed by atoms with Gasteiger partial charge in [0.1, 0.15) is 0 Å². The van der Waals surface area contributed by atoms with E-state index in [-0.39, 0.29) is 36.2 Å². The molecule has 1 saturated heterocycles. The van der Waals surface area contributed by atoms with Crippen molar-refractivity contribution in [2.45, 2.75) is 37.6 Å². The molecule has 2 bridgehead atoms. The maximum absolute atomic E-state index is 13.6. The highest BCUT2D eigenvalue weighted by Crippen LogP contribution is 2.69. The zero-order valence-corrected chi connectivity index (χ0v) is 15.4. The monoisotopic (exact) mass is 382 g/mol. The summed E-state index contributed by atoms with van der Waals surface area (Å²) in [7, 11) is 0. The van der Waals surface area contributed by atoms with Gasteiger partial charge in [-0.15, -0.1) is 12.4 Å². The average molecular weight is 383 g/mol. The molecule has 1 aliphatic heterocycles. The number of benzene rings is 1. The molecule has 6 heteroatoms. The SMILES string of the molecule is Cl.O=C(NC1CNCCC1c1ccc(F)c(F)c1)C1C2C3CCC(C3)C12. The fourth-order valence-corrected chi connectivity index (χ4v) is 6.11. The van der Waals surface area contributed by atoms with Gasteiger partial charge in [-0.05, 0) is 73.6 Å². The first-order chi connectivity index (χ1) is 12.1. The first kappa shape index (κ1) is 18.2. The molecule has 5 rings (SSSR count). The van der Waals surface area contributed by atoms with E-state index < -0.39 is 11.6 Å². The van der Waals surface area contributed by atoms with Crippen LogP contribution >= 0.6 is 12.4 Å². The Morgan fingerprint density at radius 3 is 2.50 bits per heavy atom. The van der Waals surface area contributed by atoms with Crippen LogP contribution in [0.25, 0.3) is 0 Å². The Labute approximate surface area is 158 Å². The molecular formula is C20H25ClF2N2O. The van der Waals surface area contributed by atoms with Gasteiger partial charge in [-0.2, -0.15) is 0 Å². The summed E-state index contributed by atoms with van der Waals surface area (Å²) in [6, 6.07) is 4.08. The predicted octanol–water partition coefficient (Wildman–Crippen LogP) is 3.24. The van der Waals surface area contributed by atoms with Crippen LogP contribution in [0, 0.1) is 41.2 Å². The molecular weight excluding hydrogens is 358 g/mol. The van der Waals surface area contributed by atoms with Crippen molar-refractivity contribution in [1.29, 1.82) is 0 Å². The van der Waals surface area contributed by atoms with Gasteiger partial charge in [0, 0.05) is 24.4 Å². The predicted molar refractivity (Wildman–Crippen MR) is 97.1 cm³/mol. The number of piperidine rings is 1. The summed E-state index contributed by atoms with van der Waals surface area (Å²) in [6.45, 7) is 1.51. The van der Waals surface area contributed by atoms with Crippen molar-refractivity contribution in [2.75, 3.05) is 13.1 Å². The smallest absolute Gasteiger partial charge is 0.223 e. The summed E-state index contributed by atoms with van der Waals surface area (Å²) in [6.07, 6.45) is 4.76. The molecule has 0 radical (unpaired) electrons. The molecule has 6 atom stereocenters. The van der Waals surface area contributed by atoms with E-state index in [1.807, 2.05) is 0 Å². The first-order valence-electron chi connectivity index (χ1n) is 9.59. The molecule has 3 aliphatic carbocycles. The molecule has 26 heavy (non-hydrogen) atoms. The van der Waals surface area contributed by atoms with E-state index in [4.69, 9.17) is 0 Å². The fourth-order valence-electron chi connectivity index (χ4n) is 6.11. The number of carbonyl (C=O) groups excluding carboxylic acids is 1. The van der Waals surface area contributed by atoms with E-state index >= 15 is 0 Å². The summed E-state index contributed by atoms with van der Waals surface area (Å²) >= 11 is 0. The van der Waals surface area contributed by atoms with Crippen molar-refractivity contribution in [1.82, 2.24) is 10.6 Å². The second kappa shape index (κ2) is 6.75. The quantitative estimate of drug-likeness (QED) is 0.842. The van der Waals surface area contributed by atoms with Gasteiger partial charge in [0.25, 0.3) is 0 Å². The normalized spacial score (nSPS) is 39.8. The molecule has 1 aromatic rings. The highest BCUT2D eigenvalue weighted by atomic mass is 35.5. The molecule has 1 aromatic carbocycles.